The van der Waals surface area contributed by atoms with E-state index in [9.17, 15) is 9.59 Å². The summed E-state index contributed by atoms with van der Waals surface area (Å²) in [5.74, 6) is -0.561. The Kier molecular flexibility index (Phi) is 4.95. The summed E-state index contributed by atoms with van der Waals surface area (Å²) in [6.07, 6.45) is 0.592. The Hall–Kier alpha value is -1.30. The molecule has 0 aromatic carbocycles. The Labute approximate surface area is 107 Å². The van der Waals surface area contributed by atoms with Crippen LogP contribution >= 0.6 is 0 Å². The SMILES string of the molecule is CC(C)(C)OC(=O)N1CC[C@H](CNCC(=O)O)C1. The third-order valence-electron chi connectivity index (χ3n) is 2.65. The van der Waals surface area contributed by atoms with Gasteiger partial charge in [-0.25, -0.2) is 4.79 Å². The fourth-order valence-corrected chi connectivity index (χ4v) is 1.87. The van der Waals surface area contributed by atoms with Crippen molar-refractivity contribution >= 4 is 12.1 Å². The molecule has 0 radical (unpaired) electrons. The quantitative estimate of drug-likeness (QED) is 0.784. The van der Waals surface area contributed by atoms with Crippen molar-refractivity contribution in [3.8, 4) is 0 Å². The van der Waals surface area contributed by atoms with E-state index in [1.54, 1.807) is 4.90 Å². The minimum atomic E-state index is -0.864. The Morgan fingerprint density at radius 1 is 1.44 bits per heavy atom. The van der Waals surface area contributed by atoms with E-state index in [-0.39, 0.29) is 12.6 Å². The number of hydrogen-bond donors (Lipinski definition) is 2. The molecule has 0 aromatic heterocycles. The first kappa shape index (κ1) is 14.8. The molecule has 1 saturated heterocycles. The van der Waals surface area contributed by atoms with Crippen LogP contribution in [0.1, 0.15) is 27.2 Å². The van der Waals surface area contributed by atoms with Crippen molar-refractivity contribution in [3.05, 3.63) is 0 Å². The van der Waals surface area contributed by atoms with E-state index < -0.39 is 11.6 Å². The van der Waals surface area contributed by atoms with Gasteiger partial charge in [-0.15, -0.1) is 0 Å². The van der Waals surface area contributed by atoms with Crippen molar-refractivity contribution in [1.29, 1.82) is 0 Å². The molecule has 6 heteroatoms. The summed E-state index contributed by atoms with van der Waals surface area (Å²) in [5.41, 5.74) is -0.475. The third-order valence-corrected chi connectivity index (χ3v) is 2.65. The lowest BCUT2D eigenvalue weighted by molar-refractivity contribution is -0.136. The van der Waals surface area contributed by atoms with E-state index in [1.165, 1.54) is 0 Å². The van der Waals surface area contributed by atoms with E-state index in [2.05, 4.69) is 5.32 Å². The van der Waals surface area contributed by atoms with Crippen LogP contribution in [-0.4, -0.2) is 53.8 Å². The fourth-order valence-electron chi connectivity index (χ4n) is 1.87. The number of carboxylic acid groups (broad SMARTS) is 1. The largest absolute Gasteiger partial charge is 0.480 e. The van der Waals surface area contributed by atoms with E-state index in [0.717, 1.165) is 6.42 Å². The summed E-state index contributed by atoms with van der Waals surface area (Å²) in [7, 11) is 0. The Morgan fingerprint density at radius 2 is 2.11 bits per heavy atom. The molecule has 1 aliphatic heterocycles. The minimum absolute atomic E-state index is 0.0388. The average Bonchev–Trinajstić information content (AvgIpc) is 2.63. The van der Waals surface area contributed by atoms with Gasteiger partial charge >= 0.3 is 12.1 Å². The van der Waals surface area contributed by atoms with Gasteiger partial charge in [-0.2, -0.15) is 0 Å². The van der Waals surface area contributed by atoms with Crippen molar-refractivity contribution in [2.24, 2.45) is 5.92 Å². The van der Waals surface area contributed by atoms with Gasteiger partial charge in [0, 0.05) is 19.6 Å². The van der Waals surface area contributed by atoms with Crippen LogP contribution in [0.4, 0.5) is 4.79 Å². The molecule has 1 heterocycles. The number of aliphatic carboxylic acids is 1. The molecule has 0 aromatic rings. The second kappa shape index (κ2) is 6.04. The maximum absolute atomic E-state index is 11.8. The van der Waals surface area contributed by atoms with Crippen molar-refractivity contribution in [2.75, 3.05) is 26.2 Å². The zero-order valence-corrected chi connectivity index (χ0v) is 11.2. The molecule has 0 unspecified atom stereocenters. The lowest BCUT2D eigenvalue weighted by Crippen LogP contribution is -2.36. The van der Waals surface area contributed by atoms with Gasteiger partial charge in [0.05, 0.1) is 6.54 Å². The summed E-state index contributed by atoms with van der Waals surface area (Å²) >= 11 is 0. The summed E-state index contributed by atoms with van der Waals surface area (Å²) in [5, 5.41) is 11.4. The highest BCUT2D eigenvalue weighted by Gasteiger charge is 2.29. The summed E-state index contributed by atoms with van der Waals surface area (Å²) < 4.78 is 5.29. The van der Waals surface area contributed by atoms with Gasteiger partial charge in [-0.3, -0.25) is 4.79 Å². The van der Waals surface area contributed by atoms with Gasteiger partial charge in [0.1, 0.15) is 5.60 Å². The van der Waals surface area contributed by atoms with E-state index in [0.29, 0.717) is 25.6 Å². The minimum Gasteiger partial charge on any atom is -0.480 e. The van der Waals surface area contributed by atoms with Crippen LogP contribution in [0.2, 0.25) is 0 Å². The molecule has 1 aliphatic rings. The number of carbonyl (C=O) groups is 2. The lowest BCUT2D eigenvalue weighted by atomic mass is 10.1. The number of hydrogen-bond acceptors (Lipinski definition) is 4. The van der Waals surface area contributed by atoms with Gasteiger partial charge in [0.15, 0.2) is 0 Å². The molecule has 1 amide bonds. The van der Waals surface area contributed by atoms with Crippen molar-refractivity contribution in [3.63, 3.8) is 0 Å². The lowest BCUT2D eigenvalue weighted by Gasteiger charge is -2.24. The standard InChI is InChI=1S/C12H22N2O4/c1-12(2,3)18-11(17)14-5-4-9(8-14)6-13-7-10(15)16/h9,13H,4-8H2,1-3H3,(H,15,16)/t9-/m1/s1. The monoisotopic (exact) mass is 258 g/mol. The molecular weight excluding hydrogens is 236 g/mol. The van der Waals surface area contributed by atoms with Crippen molar-refractivity contribution < 1.29 is 19.4 Å². The highest BCUT2D eigenvalue weighted by molar-refractivity contribution is 5.69. The maximum atomic E-state index is 11.8. The fraction of sp³-hybridized carbons (Fsp3) is 0.833. The molecule has 18 heavy (non-hydrogen) atoms. The molecule has 6 nitrogen and oxygen atoms in total. The topological polar surface area (TPSA) is 78.9 Å². The number of nitrogens with zero attached hydrogens (tertiary/aromatic N) is 1. The maximum Gasteiger partial charge on any atom is 0.410 e. The molecule has 0 aliphatic carbocycles. The van der Waals surface area contributed by atoms with Crippen LogP contribution in [-0.2, 0) is 9.53 Å². The van der Waals surface area contributed by atoms with Gasteiger partial charge < -0.3 is 20.1 Å². The molecule has 0 saturated carbocycles. The molecule has 2 N–H and O–H groups in total. The second-order valence-corrected chi connectivity index (χ2v) is 5.61. The molecule has 1 fully saturated rings. The van der Waals surface area contributed by atoms with Crippen LogP contribution in [0.5, 0.6) is 0 Å². The highest BCUT2D eigenvalue weighted by atomic mass is 16.6. The predicted molar refractivity (Wildman–Crippen MR) is 66.4 cm³/mol. The summed E-state index contributed by atoms with van der Waals surface area (Å²) in [4.78, 5) is 23.8. The number of nitrogens with one attached hydrogen (secondary N) is 1. The number of carbonyl (C=O) groups excluding carboxylic acids is 1. The van der Waals surface area contributed by atoms with Gasteiger partial charge in [-0.05, 0) is 33.1 Å². The van der Waals surface area contributed by atoms with E-state index in [1.807, 2.05) is 20.8 Å². The van der Waals surface area contributed by atoms with E-state index in [4.69, 9.17) is 9.84 Å². The number of carboxylic acids is 1. The van der Waals surface area contributed by atoms with Crippen LogP contribution < -0.4 is 5.32 Å². The highest BCUT2D eigenvalue weighted by Crippen LogP contribution is 2.18. The predicted octanol–water partition coefficient (Wildman–Crippen LogP) is 0.918. The number of amides is 1. The van der Waals surface area contributed by atoms with Crippen molar-refractivity contribution in [2.45, 2.75) is 32.8 Å². The van der Waals surface area contributed by atoms with Crippen LogP contribution in [0.3, 0.4) is 0 Å². The van der Waals surface area contributed by atoms with E-state index >= 15 is 0 Å². The first-order chi connectivity index (χ1) is 8.28. The Balaban J connectivity index is 2.28. The summed E-state index contributed by atoms with van der Waals surface area (Å²) in [6, 6.07) is 0. The zero-order valence-electron chi connectivity index (χ0n) is 11.2. The molecule has 104 valence electrons. The van der Waals surface area contributed by atoms with Crippen LogP contribution in [0.15, 0.2) is 0 Å². The zero-order chi connectivity index (χ0) is 13.8. The first-order valence-corrected chi connectivity index (χ1v) is 6.18. The first-order valence-electron chi connectivity index (χ1n) is 6.18. The molecule has 1 rings (SSSR count). The number of rotatable bonds is 4. The third kappa shape index (κ3) is 5.35. The van der Waals surface area contributed by atoms with Crippen molar-refractivity contribution in [1.82, 2.24) is 10.2 Å². The average molecular weight is 258 g/mol. The normalized spacial score (nSPS) is 19.9. The molecule has 0 bridgehead atoms. The number of likely N-dealkylation sites (tertiary alicyclic amines) is 1. The van der Waals surface area contributed by atoms with Gasteiger partial charge in [-0.1, -0.05) is 0 Å². The van der Waals surface area contributed by atoms with Gasteiger partial charge in [0.25, 0.3) is 0 Å². The Morgan fingerprint density at radius 3 is 2.67 bits per heavy atom. The smallest absolute Gasteiger partial charge is 0.410 e. The Bertz CT molecular complexity index is 312. The van der Waals surface area contributed by atoms with Crippen LogP contribution in [0, 0.1) is 5.92 Å². The number of ether oxygens (including phenoxy) is 1. The second-order valence-electron chi connectivity index (χ2n) is 5.61. The summed E-state index contributed by atoms with van der Waals surface area (Å²) in [6.45, 7) is 7.40. The molecular formula is C12H22N2O4. The molecule has 1 atom stereocenters. The van der Waals surface area contributed by atoms with Crippen LogP contribution in [0.25, 0.3) is 0 Å². The molecule has 0 spiro atoms. The van der Waals surface area contributed by atoms with Gasteiger partial charge in [0.2, 0.25) is 0 Å².